The first-order valence-corrected chi connectivity index (χ1v) is 2.18. The second-order valence-corrected chi connectivity index (χ2v) is 2.33. The third-order valence-electron chi connectivity index (χ3n) is 0.402. The molecule has 0 bridgehead atoms. The van der Waals surface area contributed by atoms with Crippen molar-refractivity contribution in [3.05, 3.63) is 0 Å². The SMILES string of the molecule is CC(C)(C)OC=O.[Cu]. The second-order valence-electron chi connectivity index (χ2n) is 2.33. The van der Waals surface area contributed by atoms with Gasteiger partial charge in [-0.25, -0.2) is 0 Å². The molecule has 0 aliphatic rings. The van der Waals surface area contributed by atoms with Crippen LogP contribution in [0.15, 0.2) is 0 Å². The van der Waals surface area contributed by atoms with Crippen LogP contribution in [0.25, 0.3) is 0 Å². The Kier molecular flexibility index (Phi) is 5.34. The molecule has 0 aliphatic carbocycles. The van der Waals surface area contributed by atoms with Crippen LogP contribution in [0.4, 0.5) is 0 Å². The van der Waals surface area contributed by atoms with Crippen molar-refractivity contribution in [2.75, 3.05) is 0 Å². The fraction of sp³-hybridized carbons (Fsp3) is 0.800. The number of ether oxygens (including phenoxy) is 1. The maximum absolute atomic E-state index is 9.60. The van der Waals surface area contributed by atoms with Crippen LogP contribution in [-0.4, -0.2) is 12.1 Å². The summed E-state index contributed by atoms with van der Waals surface area (Å²) in [7, 11) is 0. The molecule has 0 aromatic heterocycles. The Labute approximate surface area is 60.1 Å². The maximum Gasteiger partial charge on any atom is 0.293 e. The summed E-state index contributed by atoms with van der Waals surface area (Å²) in [6.45, 7) is 5.92. The molecule has 0 spiro atoms. The van der Waals surface area contributed by atoms with E-state index in [2.05, 4.69) is 4.74 Å². The van der Waals surface area contributed by atoms with E-state index in [1.807, 2.05) is 20.8 Å². The summed E-state index contributed by atoms with van der Waals surface area (Å²) in [6, 6.07) is 0. The van der Waals surface area contributed by atoms with Gasteiger partial charge in [0.25, 0.3) is 6.47 Å². The molecule has 0 aromatic carbocycles. The van der Waals surface area contributed by atoms with Crippen LogP contribution < -0.4 is 0 Å². The number of rotatable bonds is 1. The van der Waals surface area contributed by atoms with Gasteiger partial charge in [0.15, 0.2) is 0 Å². The molecule has 3 heteroatoms. The summed E-state index contributed by atoms with van der Waals surface area (Å²) in [4.78, 5) is 9.60. The normalized spacial score (nSPS) is 9.38. The van der Waals surface area contributed by atoms with Gasteiger partial charge in [-0.3, -0.25) is 4.79 Å². The minimum atomic E-state index is -0.318. The first-order valence-electron chi connectivity index (χ1n) is 2.18. The average molecular weight is 166 g/mol. The summed E-state index contributed by atoms with van der Waals surface area (Å²) in [5, 5.41) is 0. The van der Waals surface area contributed by atoms with Crippen LogP contribution in [0.1, 0.15) is 20.8 Å². The summed E-state index contributed by atoms with van der Waals surface area (Å²) in [5.74, 6) is 0. The van der Waals surface area contributed by atoms with Gasteiger partial charge in [0, 0.05) is 17.1 Å². The Hall–Kier alpha value is -0.0105. The molecule has 0 heterocycles. The van der Waals surface area contributed by atoms with Crippen LogP contribution in [0.3, 0.4) is 0 Å². The molecule has 1 radical (unpaired) electrons. The molecule has 53 valence electrons. The number of carbonyl (C=O) groups excluding carboxylic acids is 1. The van der Waals surface area contributed by atoms with E-state index < -0.39 is 0 Å². The first kappa shape index (κ1) is 10.9. The molecule has 0 saturated heterocycles. The molecule has 0 aromatic rings. The zero-order chi connectivity index (χ0) is 5.91. The number of carbonyl (C=O) groups is 1. The van der Waals surface area contributed by atoms with Gasteiger partial charge in [-0.1, -0.05) is 0 Å². The van der Waals surface area contributed by atoms with Crippen LogP contribution in [0.5, 0.6) is 0 Å². The zero-order valence-electron chi connectivity index (χ0n) is 5.20. The minimum Gasteiger partial charge on any atom is -0.462 e. The Balaban J connectivity index is 0. The molecule has 0 rings (SSSR count). The topological polar surface area (TPSA) is 26.3 Å². The summed E-state index contributed by atoms with van der Waals surface area (Å²) in [5.41, 5.74) is -0.318. The van der Waals surface area contributed by atoms with E-state index in [1.165, 1.54) is 0 Å². The Morgan fingerprint density at radius 2 is 1.75 bits per heavy atom. The van der Waals surface area contributed by atoms with Gasteiger partial charge in [0.2, 0.25) is 0 Å². The standard InChI is InChI=1S/C5H10O2.Cu/c1-5(2,3)7-4-6;/h4H,1-3H3;. The number of hydrogen-bond donors (Lipinski definition) is 0. The third kappa shape index (κ3) is 9.37. The molecule has 0 unspecified atom stereocenters. The van der Waals surface area contributed by atoms with Gasteiger partial charge in [-0.15, -0.1) is 0 Å². The second kappa shape index (κ2) is 3.93. The van der Waals surface area contributed by atoms with Crippen LogP contribution in [-0.2, 0) is 26.6 Å². The zero-order valence-corrected chi connectivity index (χ0v) is 6.14. The van der Waals surface area contributed by atoms with Crippen molar-refractivity contribution < 1.29 is 26.6 Å². The van der Waals surface area contributed by atoms with Gasteiger partial charge in [0.05, 0.1) is 0 Å². The van der Waals surface area contributed by atoms with E-state index in [0.29, 0.717) is 6.47 Å². The molecule has 0 amide bonds. The van der Waals surface area contributed by atoms with Gasteiger partial charge in [-0.05, 0) is 20.8 Å². The van der Waals surface area contributed by atoms with Crippen molar-refractivity contribution in [3.63, 3.8) is 0 Å². The maximum atomic E-state index is 9.60. The van der Waals surface area contributed by atoms with Gasteiger partial charge in [0.1, 0.15) is 5.60 Å². The van der Waals surface area contributed by atoms with Crippen LogP contribution in [0.2, 0.25) is 0 Å². The van der Waals surface area contributed by atoms with Crippen molar-refractivity contribution >= 4 is 6.47 Å². The summed E-state index contributed by atoms with van der Waals surface area (Å²) >= 11 is 0. The minimum absolute atomic E-state index is 0. The van der Waals surface area contributed by atoms with Gasteiger partial charge < -0.3 is 4.74 Å². The van der Waals surface area contributed by atoms with E-state index in [4.69, 9.17) is 0 Å². The molecular formula is C5H10CuO2. The van der Waals surface area contributed by atoms with Crippen molar-refractivity contribution in [1.29, 1.82) is 0 Å². The quantitative estimate of drug-likeness (QED) is 0.428. The van der Waals surface area contributed by atoms with E-state index in [1.54, 1.807) is 0 Å². The summed E-state index contributed by atoms with van der Waals surface area (Å²) < 4.78 is 4.55. The van der Waals surface area contributed by atoms with Crippen molar-refractivity contribution in [2.24, 2.45) is 0 Å². The van der Waals surface area contributed by atoms with E-state index in [9.17, 15) is 4.79 Å². The molecule has 0 N–H and O–H groups in total. The monoisotopic (exact) mass is 165 g/mol. The van der Waals surface area contributed by atoms with E-state index in [0.717, 1.165) is 0 Å². The Morgan fingerprint density at radius 1 is 1.38 bits per heavy atom. The predicted octanol–water partition coefficient (Wildman–Crippen LogP) is 0.955. The Bertz CT molecular complexity index is 65.3. The third-order valence-corrected chi connectivity index (χ3v) is 0.402. The van der Waals surface area contributed by atoms with Gasteiger partial charge in [-0.2, -0.15) is 0 Å². The largest absolute Gasteiger partial charge is 0.462 e. The first-order chi connectivity index (χ1) is 3.06. The van der Waals surface area contributed by atoms with Crippen LogP contribution >= 0.6 is 0 Å². The molecule has 8 heavy (non-hydrogen) atoms. The smallest absolute Gasteiger partial charge is 0.293 e. The van der Waals surface area contributed by atoms with E-state index in [-0.39, 0.29) is 22.7 Å². The molecule has 0 saturated carbocycles. The molecule has 2 nitrogen and oxygen atoms in total. The molecule has 0 aliphatic heterocycles. The molecular weight excluding hydrogens is 156 g/mol. The summed E-state index contributed by atoms with van der Waals surface area (Å²) in [6.07, 6.45) is 0. The van der Waals surface area contributed by atoms with Crippen molar-refractivity contribution in [3.8, 4) is 0 Å². The van der Waals surface area contributed by atoms with Crippen molar-refractivity contribution in [2.45, 2.75) is 26.4 Å². The van der Waals surface area contributed by atoms with Gasteiger partial charge >= 0.3 is 0 Å². The van der Waals surface area contributed by atoms with Crippen molar-refractivity contribution in [1.82, 2.24) is 0 Å². The predicted molar refractivity (Wildman–Crippen MR) is 26.9 cm³/mol. The number of hydrogen-bond acceptors (Lipinski definition) is 2. The van der Waals surface area contributed by atoms with Crippen LogP contribution in [0, 0.1) is 0 Å². The Morgan fingerprint density at radius 3 is 1.75 bits per heavy atom. The fourth-order valence-corrected chi connectivity index (χ4v) is 0.144. The molecule has 0 fully saturated rings. The average Bonchev–Trinajstić information content (AvgIpc) is 1.30. The van der Waals surface area contributed by atoms with E-state index >= 15 is 0 Å². The fourth-order valence-electron chi connectivity index (χ4n) is 0.144. The molecule has 0 atom stereocenters.